The third-order valence-electron chi connectivity index (χ3n) is 4.83. The van der Waals surface area contributed by atoms with Crippen LogP contribution in [-0.2, 0) is 4.74 Å². The lowest BCUT2D eigenvalue weighted by Crippen LogP contribution is -2.53. The number of ether oxygens (including phenoxy) is 1. The maximum Gasteiger partial charge on any atom is 0.0588 e. The lowest BCUT2D eigenvalue weighted by Gasteiger charge is -2.43. The van der Waals surface area contributed by atoms with Crippen LogP contribution in [0.25, 0.3) is 0 Å². The Kier molecular flexibility index (Phi) is 4.83. The van der Waals surface area contributed by atoms with Crippen LogP contribution in [-0.4, -0.2) is 49.8 Å². The van der Waals surface area contributed by atoms with Crippen LogP contribution in [0.5, 0.6) is 0 Å². The minimum Gasteiger partial charge on any atom is -0.378 e. The highest BCUT2D eigenvalue weighted by atomic mass is 16.5. The van der Waals surface area contributed by atoms with Gasteiger partial charge in [-0.1, -0.05) is 6.92 Å². The number of rotatable bonds is 4. The highest BCUT2D eigenvalue weighted by Gasteiger charge is 2.31. The first-order valence-corrected chi connectivity index (χ1v) is 7.25. The van der Waals surface area contributed by atoms with Crippen LogP contribution >= 0.6 is 0 Å². The molecule has 4 unspecified atom stereocenters. The summed E-state index contributed by atoms with van der Waals surface area (Å²) < 4.78 is 5.71. The van der Waals surface area contributed by atoms with E-state index in [0.717, 1.165) is 12.5 Å². The molecule has 2 rings (SSSR count). The molecule has 0 aliphatic carbocycles. The fourth-order valence-corrected chi connectivity index (χ4v) is 3.34. The first-order valence-electron chi connectivity index (χ1n) is 7.25. The van der Waals surface area contributed by atoms with Crippen LogP contribution in [0.2, 0.25) is 0 Å². The molecular formula is C14H28N2O. The Morgan fingerprint density at radius 3 is 2.76 bits per heavy atom. The van der Waals surface area contributed by atoms with E-state index < -0.39 is 0 Å². The van der Waals surface area contributed by atoms with Crippen molar-refractivity contribution >= 4 is 0 Å². The first-order chi connectivity index (χ1) is 8.22. The van der Waals surface area contributed by atoms with Gasteiger partial charge in [0.2, 0.25) is 0 Å². The zero-order chi connectivity index (χ0) is 12.3. The Hall–Kier alpha value is -0.120. The molecule has 1 N–H and O–H groups in total. The van der Waals surface area contributed by atoms with Gasteiger partial charge in [-0.05, 0) is 52.1 Å². The number of likely N-dealkylation sites (tertiary alicyclic amines) is 1. The van der Waals surface area contributed by atoms with Crippen LogP contribution in [0.3, 0.4) is 0 Å². The largest absolute Gasteiger partial charge is 0.378 e. The topological polar surface area (TPSA) is 24.5 Å². The molecule has 0 spiro atoms. The van der Waals surface area contributed by atoms with Crippen molar-refractivity contribution in [1.29, 1.82) is 0 Å². The summed E-state index contributed by atoms with van der Waals surface area (Å²) in [5.74, 6) is 0.748. The summed E-state index contributed by atoms with van der Waals surface area (Å²) in [6.07, 6.45) is 5.59. The van der Waals surface area contributed by atoms with Crippen molar-refractivity contribution in [3.05, 3.63) is 0 Å². The summed E-state index contributed by atoms with van der Waals surface area (Å²) in [5.41, 5.74) is 0. The van der Waals surface area contributed by atoms with Crippen molar-refractivity contribution < 1.29 is 4.74 Å². The molecule has 3 heteroatoms. The zero-order valence-corrected chi connectivity index (χ0v) is 11.6. The van der Waals surface area contributed by atoms with E-state index in [0.29, 0.717) is 18.2 Å². The minimum atomic E-state index is 0.541. The van der Waals surface area contributed by atoms with E-state index in [-0.39, 0.29) is 0 Å². The molecule has 2 aliphatic rings. The van der Waals surface area contributed by atoms with E-state index in [2.05, 4.69) is 31.1 Å². The molecule has 2 aliphatic heterocycles. The quantitative estimate of drug-likeness (QED) is 0.812. The molecule has 0 aromatic heterocycles. The molecule has 2 heterocycles. The molecule has 0 aromatic rings. The Bertz CT molecular complexity index is 228. The molecule has 100 valence electrons. The van der Waals surface area contributed by atoms with Crippen LogP contribution in [0, 0.1) is 5.92 Å². The zero-order valence-electron chi connectivity index (χ0n) is 11.6. The number of nitrogens with one attached hydrogen (secondary N) is 1. The summed E-state index contributed by atoms with van der Waals surface area (Å²) in [6, 6.07) is 1.39. The van der Waals surface area contributed by atoms with Crippen molar-refractivity contribution in [2.75, 3.05) is 26.7 Å². The fourth-order valence-electron chi connectivity index (χ4n) is 3.34. The third kappa shape index (κ3) is 3.21. The molecule has 4 atom stereocenters. The average Bonchev–Trinajstić information content (AvgIpc) is 2.84. The number of hydrogen-bond donors (Lipinski definition) is 1. The first kappa shape index (κ1) is 13.3. The predicted molar refractivity (Wildman–Crippen MR) is 71.3 cm³/mol. The second-order valence-electron chi connectivity index (χ2n) is 5.74. The van der Waals surface area contributed by atoms with Gasteiger partial charge in [-0.25, -0.2) is 0 Å². The molecule has 0 aromatic carbocycles. The second-order valence-corrected chi connectivity index (χ2v) is 5.74. The molecular weight excluding hydrogens is 212 g/mol. The van der Waals surface area contributed by atoms with E-state index in [1.807, 2.05) is 0 Å². The van der Waals surface area contributed by atoms with Gasteiger partial charge in [0.1, 0.15) is 0 Å². The molecule has 2 saturated heterocycles. The molecule has 2 fully saturated rings. The molecule has 0 radical (unpaired) electrons. The van der Waals surface area contributed by atoms with Gasteiger partial charge in [0.25, 0.3) is 0 Å². The Labute approximate surface area is 106 Å². The van der Waals surface area contributed by atoms with Gasteiger partial charge in [-0.3, -0.25) is 0 Å². The molecule has 3 nitrogen and oxygen atoms in total. The highest BCUT2D eigenvalue weighted by molar-refractivity contribution is 4.88. The van der Waals surface area contributed by atoms with Gasteiger partial charge in [0.15, 0.2) is 0 Å². The van der Waals surface area contributed by atoms with Crippen LogP contribution in [0.15, 0.2) is 0 Å². The van der Waals surface area contributed by atoms with E-state index >= 15 is 0 Å². The van der Waals surface area contributed by atoms with Crippen LogP contribution in [0.4, 0.5) is 0 Å². The smallest absolute Gasteiger partial charge is 0.0588 e. The van der Waals surface area contributed by atoms with Crippen LogP contribution in [0.1, 0.15) is 39.5 Å². The van der Waals surface area contributed by atoms with Crippen LogP contribution < -0.4 is 5.32 Å². The van der Waals surface area contributed by atoms with Crippen molar-refractivity contribution in [3.8, 4) is 0 Å². The Balaban J connectivity index is 1.77. The van der Waals surface area contributed by atoms with Crippen molar-refractivity contribution in [2.24, 2.45) is 5.92 Å². The number of nitrogens with zero attached hydrogens (tertiary/aromatic N) is 1. The van der Waals surface area contributed by atoms with E-state index in [9.17, 15) is 0 Å². The van der Waals surface area contributed by atoms with Gasteiger partial charge in [-0.15, -0.1) is 0 Å². The van der Waals surface area contributed by atoms with Crippen molar-refractivity contribution in [2.45, 2.75) is 57.7 Å². The third-order valence-corrected chi connectivity index (χ3v) is 4.83. The fraction of sp³-hybridized carbons (Fsp3) is 1.00. The SMILES string of the molecule is CNC1CCN(CCC2CCCO2)C(C)C1C. The average molecular weight is 240 g/mol. The highest BCUT2D eigenvalue weighted by Crippen LogP contribution is 2.24. The maximum absolute atomic E-state index is 5.71. The molecule has 0 amide bonds. The lowest BCUT2D eigenvalue weighted by molar-refractivity contribution is 0.0545. The van der Waals surface area contributed by atoms with Crippen molar-refractivity contribution in [3.63, 3.8) is 0 Å². The standard InChI is InChI=1S/C14H28N2O/c1-11-12(2)16(9-7-14(11)15-3)8-6-13-5-4-10-17-13/h11-15H,4-10H2,1-3H3. The second kappa shape index (κ2) is 6.17. The molecule has 17 heavy (non-hydrogen) atoms. The maximum atomic E-state index is 5.71. The van der Waals surface area contributed by atoms with Gasteiger partial charge in [-0.2, -0.15) is 0 Å². The normalized spacial score (nSPS) is 39.7. The lowest BCUT2D eigenvalue weighted by atomic mass is 9.87. The van der Waals surface area contributed by atoms with Gasteiger partial charge < -0.3 is 15.0 Å². The van der Waals surface area contributed by atoms with E-state index in [4.69, 9.17) is 4.74 Å². The van der Waals surface area contributed by atoms with Gasteiger partial charge in [0.05, 0.1) is 6.10 Å². The summed E-state index contributed by atoms with van der Waals surface area (Å²) in [4.78, 5) is 2.65. The summed E-state index contributed by atoms with van der Waals surface area (Å²) in [7, 11) is 2.09. The monoisotopic (exact) mass is 240 g/mol. The minimum absolute atomic E-state index is 0.541. The summed E-state index contributed by atoms with van der Waals surface area (Å²) in [6.45, 7) is 8.20. The number of hydrogen-bond acceptors (Lipinski definition) is 3. The van der Waals surface area contributed by atoms with Gasteiger partial charge >= 0.3 is 0 Å². The van der Waals surface area contributed by atoms with Crippen molar-refractivity contribution in [1.82, 2.24) is 10.2 Å². The Morgan fingerprint density at radius 2 is 2.12 bits per heavy atom. The molecule has 0 saturated carbocycles. The predicted octanol–water partition coefficient (Wildman–Crippen LogP) is 1.87. The summed E-state index contributed by atoms with van der Waals surface area (Å²) >= 11 is 0. The van der Waals surface area contributed by atoms with Gasteiger partial charge in [0, 0.05) is 25.2 Å². The summed E-state index contributed by atoms with van der Waals surface area (Å²) in [5, 5.41) is 3.45. The number of piperidine rings is 1. The van der Waals surface area contributed by atoms with E-state index in [1.165, 1.54) is 38.8 Å². The molecule has 0 bridgehead atoms. The van der Waals surface area contributed by atoms with E-state index in [1.54, 1.807) is 0 Å². The Morgan fingerprint density at radius 1 is 1.29 bits per heavy atom.